The van der Waals surface area contributed by atoms with Crippen molar-refractivity contribution in [3.63, 3.8) is 0 Å². The van der Waals surface area contributed by atoms with E-state index < -0.39 is 0 Å². The number of hydrogen-bond donors (Lipinski definition) is 1. The van der Waals surface area contributed by atoms with Crippen LogP contribution in [0.4, 0.5) is 0 Å². The molecule has 1 amide bonds. The Labute approximate surface area is 146 Å². The third kappa shape index (κ3) is 4.07. The van der Waals surface area contributed by atoms with Crippen molar-refractivity contribution in [3.05, 3.63) is 35.9 Å². The summed E-state index contributed by atoms with van der Waals surface area (Å²) >= 11 is 0. The lowest BCUT2D eigenvalue weighted by atomic mass is 9.87. The lowest BCUT2D eigenvalue weighted by Gasteiger charge is -2.38. The fourth-order valence-corrected chi connectivity index (χ4v) is 4.03. The number of rotatable bonds is 4. The van der Waals surface area contributed by atoms with E-state index in [9.17, 15) is 4.79 Å². The molecule has 2 aliphatic rings. The van der Waals surface area contributed by atoms with E-state index in [0.29, 0.717) is 5.91 Å². The normalized spacial score (nSPS) is 25.2. The lowest BCUT2D eigenvalue weighted by Crippen LogP contribution is -2.56. The summed E-state index contributed by atoms with van der Waals surface area (Å²) in [5.41, 5.74) is 1.17. The Kier molecular flexibility index (Phi) is 6.49. The zero-order valence-corrected chi connectivity index (χ0v) is 14.9. The first-order chi connectivity index (χ1) is 10.7. The van der Waals surface area contributed by atoms with Crippen LogP contribution in [0.25, 0.3) is 0 Å². The van der Waals surface area contributed by atoms with Gasteiger partial charge in [0.1, 0.15) is 0 Å². The molecule has 0 aliphatic carbocycles. The van der Waals surface area contributed by atoms with E-state index in [0.717, 1.165) is 64.1 Å². The molecule has 1 aromatic rings. The van der Waals surface area contributed by atoms with Gasteiger partial charge in [0.25, 0.3) is 0 Å². The van der Waals surface area contributed by atoms with E-state index in [1.54, 1.807) is 0 Å². The first-order valence-electron chi connectivity index (χ1n) is 8.82. The van der Waals surface area contributed by atoms with Crippen molar-refractivity contribution in [2.24, 2.45) is 5.92 Å². The molecule has 2 heterocycles. The van der Waals surface area contributed by atoms with Crippen LogP contribution < -0.4 is 5.32 Å². The highest BCUT2D eigenvalue weighted by Crippen LogP contribution is 2.29. The van der Waals surface area contributed by atoms with Crippen LogP contribution in [0.5, 0.6) is 0 Å². The van der Waals surface area contributed by atoms with Crippen molar-refractivity contribution >= 4 is 18.3 Å². The number of hydrogen-bond acceptors (Lipinski definition) is 2. The second-order valence-electron chi connectivity index (χ2n) is 6.89. The van der Waals surface area contributed by atoms with Gasteiger partial charge in [0.05, 0.1) is 5.54 Å². The minimum atomic E-state index is -0.258. The van der Waals surface area contributed by atoms with Crippen LogP contribution in [0.2, 0.25) is 0 Å². The zero-order chi connectivity index (χ0) is 15.4. The van der Waals surface area contributed by atoms with E-state index in [1.165, 1.54) is 5.56 Å². The standard InChI is InChI=1S/C19H28N2O.ClH/c1-2-19(11-6-12-20-19)18(22)21-13-9-17(10-14-21)15-16-7-4-3-5-8-16;/h3-5,7-8,17,20H,2,6,9-15H2,1H3;1H. The minimum Gasteiger partial charge on any atom is -0.341 e. The van der Waals surface area contributed by atoms with Gasteiger partial charge >= 0.3 is 0 Å². The molecule has 2 aliphatic heterocycles. The summed E-state index contributed by atoms with van der Waals surface area (Å²) in [5.74, 6) is 1.08. The Morgan fingerprint density at radius 2 is 1.96 bits per heavy atom. The van der Waals surface area contributed by atoms with E-state index in [-0.39, 0.29) is 17.9 Å². The molecule has 3 rings (SSSR count). The SMILES string of the molecule is CCC1(C(=O)N2CCC(Cc3ccccc3)CC2)CCCN1.Cl. The molecule has 1 aromatic carbocycles. The maximum absolute atomic E-state index is 12.9. The summed E-state index contributed by atoms with van der Waals surface area (Å²) in [6.07, 6.45) is 6.48. The van der Waals surface area contributed by atoms with Gasteiger partial charge in [-0.1, -0.05) is 37.3 Å². The molecule has 1 unspecified atom stereocenters. The highest BCUT2D eigenvalue weighted by Gasteiger charge is 2.42. The van der Waals surface area contributed by atoms with E-state index in [1.807, 2.05) is 0 Å². The molecule has 3 nitrogen and oxygen atoms in total. The van der Waals surface area contributed by atoms with Gasteiger partial charge in [0.2, 0.25) is 5.91 Å². The molecule has 2 saturated heterocycles. The second kappa shape index (κ2) is 8.16. The molecule has 128 valence electrons. The monoisotopic (exact) mass is 336 g/mol. The summed E-state index contributed by atoms with van der Waals surface area (Å²) in [6, 6.07) is 10.7. The van der Waals surface area contributed by atoms with Crippen LogP contribution in [-0.4, -0.2) is 36.0 Å². The van der Waals surface area contributed by atoms with Gasteiger partial charge in [0, 0.05) is 13.1 Å². The Balaban J connectivity index is 0.00000192. The number of nitrogens with zero attached hydrogens (tertiary/aromatic N) is 1. The minimum absolute atomic E-state index is 0. The van der Waals surface area contributed by atoms with Gasteiger partial charge in [-0.25, -0.2) is 0 Å². The molecule has 0 radical (unpaired) electrons. The van der Waals surface area contributed by atoms with Gasteiger partial charge in [-0.15, -0.1) is 12.4 Å². The van der Waals surface area contributed by atoms with E-state index in [2.05, 4.69) is 47.5 Å². The van der Waals surface area contributed by atoms with Crippen LogP contribution >= 0.6 is 12.4 Å². The van der Waals surface area contributed by atoms with Gasteiger partial charge in [-0.3, -0.25) is 4.79 Å². The number of carbonyl (C=O) groups is 1. The first kappa shape index (κ1) is 18.3. The largest absolute Gasteiger partial charge is 0.341 e. The molecule has 0 bridgehead atoms. The van der Waals surface area contributed by atoms with Crippen LogP contribution in [0, 0.1) is 5.92 Å². The van der Waals surface area contributed by atoms with Gasteiger partial charge in [0.15, 0.2) is 0 Å². The number of amides is 1. The predicted octanol–water partition coefficient (Wildman–Crippen LogP) is 3.42. The fraction of sp³-hybridized carbons (Fsp3) is 0.632. The second-order valence-corrected chi connectivity index (χ2v) is 6.89. The molecule has 0 saturated carbocycles. The maximum atomic E-state index is 12.9. The summed E-state index contributed by atoms with van der Waals surface area (Å²) in [4.78, 5) is 15.0. The van der Waals surface area contributed by atoms with Crippen LogP contribution in [0.15, 0.2) is 30.3 Å². The third-order valence-electron chi connectivity index (χ3n) is 5.53. The van der Waals surface area contributed by atoms with Gasteiger partial charge < -0.3 is 10.2 Å². The summed E-state index contributed by atoms with van der Waals surface area (Å²) in [5, 5.41) is 3.48. The van der Waals surface area contributed by atoms with Crippen molar-refractivity contribution in [3.8, 4) is 0 Å². The molecule has 2 fully saturated rings. The van der Waals surface area contributed by atoms with Crippen molar-refractivity contribution in [1.29, 1.82) is 0 Å². The summed E-state index contributed by atoms with van der Waals surface area (Å²) in [6.45, 7) is 4.99. The van der Waals surface area contributed by atoms with Crippen molar-refractivity contribution in [1.82, 2.24) is 10.2 Å². The van der Waals surface area contributed by atoms with Gasteiger partial charge in [-0.2, -0.15) is 0 Å². The number of carbonyl (C=O) groups excluding carboxylic acids is 1. The van der Waals surface area contributed by atoms with Crippen LogP contribution in [0.1, 0.15) is 44.6 Å². The highest BCUT2D eigenvalue weighted by molar-refractivity contribution is 5.86. The number of piperidine rings is 1. The number of nitrogens with one attached hydrogen (secondary N) is 1. The predicted molar refractivity (Wildman–Crippen MR) is 97.0 cm³/mol. The molecule has 0 spiro atoms. The van der Waals surface area contributed by atoms with Crippen LogP contribution in [0.3, 0.4) is 0 Å². The Morgan fingerprint density at radius 3 is 2.52 bits per heavy atom. The Hall–Kier alpha value is -1.06. The molecular weight excluding hydrogens is 308 g/mol. The van der Waals surface area contributed by atoms with Crippen LogP contribution in [-0.2, 0) is 11.2 Å². The third-order valence-corrected chi connectivity index (χ3v) is 5.53. The summed E-state index contributed by atoms with van der Waals surface area (Å²) in [7, 11) is 0. The lowest BCUT2D eigenvalue weighted by molar-refractivity contribution is -0.139. The number of halogens is 1. The first-order valence-corrected chi connectivity index (χ1v) is 8.82. The molecule has 1 N–H and O–H groups in total. The molecular formula is C19H29ClN2O. The van der Waals surface area contributed by atoms with Crippen molar-refractivity contribution in [2.75, 3.05) is 19.6 Å². The van der Waals surface area contributed by atoms with Gasteiger partial charge in [-0.05, 0) is 56.6 Å². The van der Waals surface area contributed by atoms with Crippen molar-refractivity contribution < 1.29 is 4.79 Å². The molecule has 0 aromatic heterocycles. The molecule has 1 atom stereocenters. The van der Waals surface area contributed by atoms with E-state index >= 15 is 0 Å². The maximum Gasteiger partial charge on any atom is 0.242 e. The average Bonchev–Trinajstić information content (AvgIpc) is 3.06. The average molecular weight is 337 g/mol. The topological polar surface area (TPSA) is 32.3 Å². The molecule has 4 heteroatoms. The Morgan fingerprint density at radius 1 is 1.26 bits per heavy atom. The number of likely N-dealkylation sites (tertiary alicyclic amines) is 1. The Bertz CT molecular complexity index is 491. The van der Waals surface area contributed by atoms with Crippen molar-refractivity contribution in [2.45, 2.75) is 51.0 Å². The highest BCUT2D eigenvalue weighted by atomic mass is 35.5. The zero-order valence-electron chi connectivity index (χ0n) is 14.1. The van der Waals surface area contributed by atoms with E-state index in [4.69, 9.17) is 0 Å². The quantitative estimate of drug-likeness (QED) is 0.913. The summed E-state index contributed by atoms with van der Waals surface area (Å²) < 4.78 is 0. The smallest absolute Gasteiger partial charge is 0.242 e. The fourth-order valence-electron chi connectivity index (χ4n) is 4.03. The number of benzene rings is 1. The molecule has 23 heavy (non-hydrogen) atoms.